The highest BCUT2D eigenvalue weighted by Gasteiger charge is 2.25. The molecule has 1 saturated heterocycles. The molecule has 6 heteroatoms. The summed E-state index contributed by atoms with van der Waals surface area (Å²) in [7, 11) is 0. The number of anilines is 1. The number of hydrogen-bond donors (Lipinski definition) is 2. The molecule has 0 aromatic heterocycles. The molecule has 0 bridgehead atoms. The van der Waals surface area contributed by atoms with Crippen molar-refractivity contribution in [2.45, 2.75) is 32.2 Å². The third-order valence-corrected chi connectivity index (χ3v) is 3.97. The van der Waals surface area contributed by atoms with Gasteiger partial charge in [-0.05, 0) is 38.3 Å². The molecule has 1 aliphatic heterocycles. The molecular weight excluding hydrogens is 290 g/mol. The third-order valence-electron chi connectivity index (χ3n) is 3.66. The maximum atomic E-state index is 12.3. The van der Waals surface area contributed by atoms with Crippen molar-refractivity contribution in [1.29, 1.82) is 0 Å². The van der Waals surface area contributed by atoms with Crippen LogP contribution in [0.15, 0.2) is 18.2 Å². The predicted octanol–water partition coefficient (Wildman–Crippen LogP) is 2.05. The monoisotopic (exact) mass is 309 g/mol. The average Bonchev–Trinajstić information content (AvgIpc) is 2.47. The summed E-state index contributed by atoms with van der Waals surface area (Å²) in [5.74, 6) is -0.482. The molecule has 0 aliphatic carbocycles. The minimum absolute atomic E-state index is 0.0614. The summed E-state index contributed by atoms with van der Waals surface area (Å²) < 4.78 is 0. The quantitative estimate of drug-likeness (QED) is 0.839. The van der Waals surface area contributed by atoms with Gasteiger partial charge < -0.3 is 16.0 Å². The van der Waals surface area contributed by atoms with Crippen LogP contribution in [0.25, 0.3) is 0 Å². The molecule has 1 heterocycles. The van der Waals surface area contributed by atoms with Gasteiger partial charge in [0.05, 0.1) is 10.6 Å². The summed E-state index contributed by atoms with van der Waals surface area (Å²) in [5, 5.41) is 2.96. The molecule has 5 nitrogen and oxygen atoms in total. The van der Waals surface area contributed by atoms with Gasteiger partial charge in [0.25, 0.3) is 5.91 Å². The molecule has 2 amide bonds. The van der Waals surface area contributed by atoms with Gasteiger partial charge in [-0.25, -0.2) is 0 Å². The van der Waals surface area contributed by atoms with Crippen LogP contribution in [0.4, 0.5) is 5.69 Å². The van der Waals surface area contributed by atoms with E-state index in [1.165, 1.54) is 0 Å². The van der Waals surface area contributed by atoms with E-state index in [1.54, 1.807) is 30.0 Å². The number of amides is 2. The van der Waals surface area contributed by atoms with Gasteiger partial charge in [-0.2, -0.15) is 0 Å². The van der Waals surface area contributed by atoms with E-state index in [9.17, 15) is 9.59 Å². The van der Waals surface area contributed by atoms with Crippen molar-refractivity contribution in [3.8, 4) is 0 Å². The molecule has 114 valence electrons. The zero-order valence-electron chi connectivity index (χ0n) is 12.1. The number of rotatable bonds is 3. The number of hydrogen-bond acceptors (Lipinski definition) is 3. The molecule has 0 radical (unpaired) electrons. The van der Waals surface area contributed by atoms with Crippen LogP contribution in [0.5, 0.6) is 0 Å². The third kappa shape index (κ3) is 3.67. The van der Waals surface area contributed by atoms with Crippen molar-refractivity contribution in [3.63, 3.8) is 0 Å². The molecule has 2 rings (SSSR count). The van der Waals surface area contributed by atoms with Gasteiger partial charge in [-0.15, -0.1) is 0 Å². The minimum atomic E-state index is -0.591. The van der Waals surface area contributed by atoms with Crippen molar-refractivity contribution in [2.24, 2.45) is 0 Å². The maximum absolute atomic E-state index is 12.3. The van der Waals surface area contributed by atoms with Gasteiger partial charge >= 0.3 is 0 Å². The molecular formula is C15H20ClN3O2. The lowest BCUT2D eigenvalue weighted by Gasteiger charge is -2.29. The predicted molar refractivity (Wildman–Crippen MR) is 83.2 cm³/mol. The molecule has 1 aromatic carbocycles. The van der Waals surface area contributed by atoms with Crippen molar-refractivity contribution in [3.05, 3.63) is 28.8 Å². The topological polar surface area (TPSA) is 75.4 Å². The number of nitrogens with zero attached hydrogens (tertiary/aromatic N) is 1. The number of piperidine rings is 1. The second kappa shape index (κ2) is 6.80. The Bertz CT molecular complexity index is 521. The van der Waals surface area contributed by atoms with Gasteiger partial charge in [0, 0.05) is 18.8 Å². The van der Waals surface area contributed by atoms with Gasteiger partial charge in [0.1, 0.15) is 6.04 Å². The molecule has 1 fully saturated rings. The number of carbonyl (C=O) groups excluding carboxylic acids is 2. The van der Waals surface area contributed by atoms with E-state index in [4.69, 9.17) is 17.3 Å². The van der Waals surface area contributed by atoms with Crippen molar-refractivity contribution < 1.29 is 9.59 Å². The van der Waals surface area contributed by atoms with Crippen LogP contribution in [0.3, 0.4) is 0 Å². The Hall–Kier alpha value is -1.75. The highest BCUT2D eigenvalue weighted by molar-refractivity contribution is 6.34. The van der Waals surface area contributed by atoms with Crippen LogP contribution >= 0.6 is 11.6 Å². The Labute approximate surface area is 129 Å². The summed E-state index contributed by atoms with van der Waals surface area (Å²) in [4.78, 5) is 26.3. The lowest BCUT2D eigenvalue weighted by molar-refractivity contribution is -0.133. The smallest absolute Gasteiger partial charge is 0.255 e. The first kappa shape index (κ1) is 15.6. The number of nitrogen functional groups attached to an aromatic ring is 1. The van der Waals surface area contributed by atoms with Gasteiger partial charge in [-0.1, -0.05) is 17.7 Å². The molecule has 21 heavy (non-hydrogen) atoms. The summed E-state index contributed by atoms with van der Waals surface area (Å²) in [5.41, 5.74) is 6.30. The highest BCUT2D eigenvalue weighted by Crippen LogP contribution is 2.22. The first-order chi connectivity index (χ1) is 10.0. The highest BCUT2D eigenvalue weighted by atomic mass is 35.5. The first-order valence-corrected chi connectivity index (χ1v) is 7.52. The lowest BCUT2D eigenvalue weighted by atomic mass is 10.1. The van der Waals surface area contributed by atoms with Crippen molar-refractivity contribution in [2.75, 3.05) is 18.8 Å². The fourth-order valence-electron chi connectivity index (χ4n) is 2.50. The zero-order valence-corrected chi connectivity index (χ0v) is 12.8. The Morgan fingerprint density at radius 1 is 1.29 bits per heavy atom. The van der Waals surface area contributed by atoms with Crippen LogP contribution in [-0.2, 0) is 4.79 Å². The second-order valence-corrected chi connectivity index (χ2v) is 5.69. The normalized spacial score (nSPS) is 16.4. The number of halogens is 1. The van der Waals surface area contributed by atoms with E-state index in [0.717, 1.165) is 32.4 Å². The van der Waals surface area contributed by atoms with Crippen LogP contribution in [0.1, 0.15) is 36.5 Å². The van der Waals surface area contributed by atoms with Crippen LogP contribution in [0.2, 0.25) is 5.02 Å². The number of benzene rings is 1. The molecule has 1 aromatic rings. The van der Waals surface area contributed by atoms with Crippen LogP contribution in [-0.4, -0.2) is 35.8 Å². The van der Waals surface area contributed by atoms with Crippen molar-refractivity contribution in [1.82, 2.24) is 10.2 Å². The molecule has 1 aliphatic rings. The number of carbonyl (C=O) groups is 2. The lowest BCUT2D eigenvalue weighted by Crippen LogP contribution is -2.48. The van der Waals surface area contributed by atoms with E-state index < -0.39 is 11.9 Å². The van der Waals surface area contributed by atoms with E-state index in [0.29, 0.717) is 5.69 Å². The van der Waals surface area contributed by atoms with Gasteiger partial charge in [0.15, 0.2) is 0 Å². The maximum Gasteiger partial charge on any atom is 0.255 e. The van der Waals surface area contributed by atoms with E-state index in [1.807, 2.05) is 0 Å². The van der Waals surface area contributed by atoms with E-state index >= 15 is 0 Å². The summed E-state index contributed by atoms with van der Waals surface area (Å²) in [6.07, 6.45) is 3.19. The zero-order chi connectivity index (χ0) is 15.4. The first-order valence-electron chi connectivity index (χ1n) is 7.14. The van der Waals surface area contributed by atoms with Gasteiger partial charge in [0.2, 0.25) is 5.91 Å². The van der Waals surface area contributed by atoms with E-state index in [2.05, 4.69) is 5.32 Å². The Morgan fingerprint density at radius 3 is 2.57 bits per heavy atom. The van der Waals surface area contributed by atoms with Crippen molar-refractivity contribution >= 4 is 29.1 Å². The second-order valence-electron chi connectivity index (χ2n) is 5.29. The summed E-state index contributed by atoms with van der Waals surface area (Å²) in [6.45, 7) is 3.20. The largest absolute Gasteiger partial charge is 0.398 e. The molecule has 1 atom stereocenters. The molecule has 3 N–H and O–H groups in total. The van der Waals surface area contributed by atoms with Gasteiger partial charge in [-0.3, -0.25) is 9.59 Å². The minimum Gasteiger partial charge on any atom is -0.398 e. The number of nitrogens with one attached hydrogen (secondary N) is 1. The number of likely N-dealkylation sites (tertiary alicyclic amines) is 1. The Kier molecular flexibility index (Phi) is 5.07. The van der Waals surface area contributed by atoms with E-state index in [-0.39, 0.29) is 16.5 Å². The molecule has 0 saturated carbocycles. The Morgan fingerprint density at radius 2 is 1.95 bits per heavy atom. The molecule has 0 spiro atoms. The fraction of sp³-hybridized carbons (Fsp3) is 0.467. The summed E-state index contributed by atoms with van der Waals surface area (Å²) in [6, 6.07) is 4.30. The number of nitrogens with two attached hydrogens (primary N) is 1. The average molecular weight is 310 g/mol. The SMILES string of the molecule is CC(NC(=O)c1c(N)cccc1Cl)C(=O)N1CCCCC1. The fourth-order valence-corrected chi connectivity index (χ4v) is 2.77. The van der Waals surface area contributed by atoms with Crippen LogP contribution < -0.4 is 11.1 Å². The standard InChI is InChI=1S/C15H20ClN3O2/c1-10(15(21)19-8-3-2-4-9-19)18-14(20)13-11(16)6-5-7-12(13)17/h5-7,10H,2-4,8-9,17H2,1H3,(H,18,20). The summed E-state index contributed by atoms with van der Waals surface area (Å²) >= 11 is 6.00. The van der Waals surface area contributed by atoms with Crippen LogP contribution in [0, 0.1) is 0 Å². The molecule has 1 unspecified atom stereocenters. The Balaban J connectivity index is 2.03.